The first-order valence-electron chi connectivity index (χ1n) is 5.84. The highest BCUT2D eigenvalue weighted by Gasteiger charge is 2.32. The molecule has 2 nitrogen and oxygen atoms in total. The van der Waals surface area contributed by atoms with Gasteiger partial charge < -0.3 is 10.2 Å². The van der Waals surface area contributed by atoms with Gasteiger partial charge in [0.05, 0.1) is 5.56 Å². The number of hydrogen-bond donors (Lipinski definition) is 1. The average Bonchev–Trinajstić information content (AvgIpc) is 2.24. The maximum atomic E-state index is 12.7. The summed E-state index contributed by atoms with van der Waals surface area (Å²) in [6.45, 7) is 2.97. The first kappa shape index (κ1) is 15.0. The van der Waals surface area contributed by atoms with Gasteiger partial charge in [0, 0.05) is 19.1 Å². The van der Waals surface area contributed by atoms with Crippen molar-refractivity contribution in [1.29, 1.82) is 0 Å². The van der Waals surface area contributed by atoms with E-state index >= 15 is 0 Å². The van der Waals surface area contributed by atoms with Gasteiger partial charge in [-0.3, -0.25) is 0 Å². The predicted molar refractivity (Wildman–Crippen MR) is 66.3 cm³/mol. The Balaban J connectivity index is 2.68. The van der Waals surface area contributed by atoms with E-state index in [0.717, 1.165) is 12.6 Å². The lowest BCUT2D eigenvalue weighted by molar-refractivity contribution is -0.138. The van der Waals surface area contributed by atoms with Crippen molar-refractivity contribution in [2.24, 2.45) is 0 Å². The monoisotopic (exact) mass is 260 g/mol. The third kappa shape index (κ3) is 4.66. The number of likely N-dealkylation sites (N-methyl/N-ethyl adjacent to an activating group) is 1. The molecule has 0 fully saturated rings. The number of hydrogen-bond acceptors (Lipinski definition) is 2. The van der Waals surface area contributed by atoms with Gasteiger partial charge in [0.15, 0.2) is 0 Å². The lowest BCUT2D eigenvalue weighted by Crippen LogP contribution is -2.35. The SMILES string of the molecule is CC(CN(C)C)NCc1ccccc1C(F)(F)F. The van der Waals surface area contributed by atoms with Crippen molar-refractivity contribution >= 4 is 0 Å². The van der Waals surface area contributed by atoms with E-state index in [0.29, 0.717) is 0 Å². The molecule has 1 atom stereocenters. The van der Waals surface area contributed by atoms with Crippen LogP contribution in [0.15, 0.2) is 24.3 Å². The summed E-state index contributed by atoms with van der Waals surface area (Å²) < 4.78 is 38.2. The molecule has 0 amide bonds. The summed E-state index contributed by atoms with van der Waals surface area (Å²) in [6, 6.07) is 5.81. The standard InChI is InChI=1S/C13H19F3N2/c1-10(9-18(2)3)17-8-11-6-4-5-7-12(11)13(14,15)16/h4-7,10,17H,8-9H2,1-3H3. The van der Waals surface area contributed by atoms with E-state index in [1.165, 1.54) is 12.1 Å². The quantitative estimate of drug-likeness (QED) is 0.875. The van der Waals surface area contributed by atoms with Crippen LogP contribution in [0, 0.1) is 0 Å². The van der Waals surface area contributed by atoms with E-state index in [1.807, 2.05) is 25.9 Å². The largest absolute Gasteiger partial charge is 0.416 e. The molecule has 18 heavy (non-hydrogen) atoms. The lowest BCUT2D eigenvalue weighted by Gasteiger charge is -2.19. The number of nitrogens with zero attached hydrogens (tertiary/aromatic N) is 1. The van der Waals surface area contributed by atoms with E-state index in [1.54, 1.807) is 6.07 Å². The van der Waals surface area contributed by atoms with Crippen molar-refractivity contribution < 1.29 is 13.2 Å². The van der Waals surface area contributed by atoms with Gasteiger partial charge in [0.2, 0.25) is 0 Å². The first-order valence-corrected chi connectivity index (χ1v) is 5.84. The molecule has 0 spiro atoms. The second-order valence-electron chi connectivity index (χ2n) is 4.70. The maximum absolute atomic E-state index is 12.7. The summed E-state index contributed by atoms with van der Waals surface area (Å²) in [6.07, 6.45) is -4.29. The molecule has 1 rings (SSSR count). The second-order valence-corrected chi connectivity index (χ2v) is 4.70. The lowest BCUT2D eigenvalue weighted by atomic mass is 10.1. The summed E-state index contributed by atoms with van der Waals surface area (Å²) in [7, 11) is 3.86. The van der Waals surface area contributed by atoms with Crippen molar-refractivity contribution in [2.45, 2.75) is 25.7 Å². The molecule has 0 aliphatic rings. The number of benzene rings is 1. The molecule has 1 N–H and O–H groups in total. The molecular formula is C13H19F3N2. The Morgan fingerprint density at radius 1 is 1.22 bits per heavy atom. The highest BCUT2D eigenvalue weighted by molar-refractivity contribution is 5.29. The Kier molecular flexibility index (Phi) is 5.16. The highest BCUT2D eigenvalue weighted by atomic mass is 19.4. The van der Waals surface area contributed by atoms with Gasteiger partial charge in [-0.05, 0) is 32.6 Å². The van der Waals surface area contributed by atoms with Gasteiger partial charge in [-0.15, -0.1) is 0 Å². The fraction of sp³-hybridized carbons (Fsp3) is 0.538. The molecule has 1 aromatic carbocycles. The van der Waals surface area contributed by atoms with Gasteiger partial charge in [0.1, 0.15) is 0 Å². The Bertz CT molecular complexity index is 375. The van der Waals surface area contributed by atoms with Crippen LogP contribution in [0.3, 0.4) is 0 Å². The summed E-state index contributed by atoms with van der Waals surface area (Å²) >= 11 is 0. The van der Waals surface area contributed by atoms with Crippen LogP contribution in [0.5, 0.6) is 0 Å². The molecular weight excluding hydrogens is 241 g/mol. The van der Waals surface area contributed by atoms with E-state index in [9.17, 15) is 13.2 Å². The molecule has 0 radical (unpaired) electrons. The van der Waals surface area contributed by atoms with Crippen LogP contribution in [0.1, 0.15) is 18.1 Å². The minimum Gasteiger partial charge on any atom is -0.309 e. The summed E-state index contributed by atoms with van der Waals surface area (Å²) in [5.41, 5.74) is -0.273. The highest BCUT2D eigenvalue weighted by Crippen LogP contribution is 2.31. The third-order valence-corrected chi connectivity index (χ3v) is 2.60. The molecule has 0 aliphatic heterocycles. The molecule has 0 heterocycles. The van der Waals surface area contributed by atoms with Crippen molar-refractivity contribution in [2.75, 3.05) is 20.6 Å². The van der Waals surface area contributed by atoms with Gasteiger partial charge in [-0.25, -0.2) is 0 Å². The normalized spacial score (nSPS) is 13.9. The Hall–Kier alpha value is -1.07. The fourth-order valence-electron chi connectivity index (χ4n) is 1.85. The van der Waals surface area contributed by atoms with Crippen LogP contribution >= 0.6 is 0 Å². The van der Waals surface area contributed by atoms with Gasteiger partial charge in [-0.2, -0.15) is 13.2 Å². The topological polar surface area (TPSA) is 15.3 Å². The van der Waals surface area contributed by atoms with Gasteiger partial charge >= 0.3 is 6.18 Å². The van der Waals surface area contributed by atoms with Crippen LogP contribution in [0.2, 0.25) is 0 Å². The summed E-state index contributed by atoms with van der Waals surface area (Å²) in [5.74, 6) is 0. The number of halogens is 3. The number of rotatable bonds is 5. The van der Waals surface area contributed by atoms with Crippen LogP contribution in [-0.2, 0) is 12.7 Å². The van der Waals surface area contributed by atoms with Crippen LogP contribution in [0.4, 0.5) is 13.2 Å². The smallest absolute Gasteiger partial charge is 0.309 e. The van der Waals surface area contributed by atoms with E-state index in [2.05, 4.69) is 5.32 Å². The molecule has 0 aromatic heterocycles. The Labute approximate surface area is 106 Å². The molecule has 0 aliphatic carbocycles. The van der Waals surface area contributed by atoms with Crippen LogP contribution in [0.25, 0.3) is 0 Å². The molecule has 102 valence electrons. The molecule has 0 saturated heterocycles. The minimum atomic E-state index is -4.29. The molecule has 1 unspecified atom stereocenters. The molecule has 0 saturated carbocycles. The first-order chi connectivity index (χ1) is 8.30. The Morgan fingerprint density at radius 3 is 2.39 bits per heavy atom. The molecule has 0 bridgehead atoms. The van der Waals surface area contributed by atoms with Gasteiger partial charge in [-0.1, -0.05) is 18.2 Å². The number of nitrogens with one attached hydrogen (secondary N) is 1. The molecule has 5 heteroatoms. The van der Waals surface area contributed by atoms with Gasteiger partial charge in [0.25, 0.3) is 0 Å². The fourth-order valence-corrected chi connectivity index (χ4v) is 1.85. The summed E-state index contributed by atoms with van der Waals surface area (Å²) in [4.78, 5) is 1.99. The van der Waals surface area contributed by atoms with E-state index in [-0.39, 0.29) is 18.2 Å². The third-order valence-electron chi connectivity index (χ3n) is 2.60. The van der Waals surface area contributed by atoms with Crippen molar-refractivity contribution in [3.63, 3.8) is 0 Å². The Morgan fingerprint density at radius 2 is 1.83 bits per heavy atom. The van der Waals surface area contributed by atoms with Crippen molar-refractivity contribution in [3.05, 3.63) is 35.4 Å². The predicted octanol–water partition coefficient (Wildman–Crippen LogP) is 2.75. The van der Waals surface area contributed by atoms with E-state index in [4.69, 9.17) is 0 Å². The minimum absolute atomic E-state index is 0.140. The molecule has 1 aromatic rings. The zero-order valence-electron chi connectivity index (χ0n) is 10.9. The zero-order chi connectivity index (χ0) is 13.8. The van der Waals surface area contributed by atoms with E-state index < -0.39 is 11.7 Å². The summed E-state index contributed by atoms with van der Waals surface area (Å²) in [5, 5.41) is 3.10. The van der Waals surface area contributed by atoms with Crippen LogP contribution in [-0.4, -0.2) is 31.6 Å². The van der Waals surface area contributed by atoms with Crippen molar-refractivity contribution in [3.8, 4) is 0 Å². The number of alkyl halides is 3. The second kappa shape index (κ2) is 6.20. The maximum Gasteiger partial charge on any atom is 0.416 e. The van der Waals surface area contributed by atoms with Crippen molar-refractivity contribution in [1.82, 2.24) is 10.2 Å². The van der Waals surface area contributed by atoms with Crippen LogP contribution < -0.4 is 5.32 Å². The zero-order valence-corrected chi connectivity index (χ0v) is 10.9. The average molecular weight is 260 g/mol.